The molecule has 0 saturated carbocycles. The van der Waals surface area contributed by atoms with E-state index in [0.29, 0.717) is 5.69 Å². The van der Waals surface area contributed by atoms with Gasteiger partial charge in [0.05, 0.1) is 6.54 Å². The number of carbonyl (C=O) groups is 2. The van der Waals surface area contributed by atoms with Gasteiger partial charge in [0, 0.05) is 22.8 Å². The van der Waals surface area contributed by atoms with E-state index in [9.17, 15) is 14.4 Å². The highest BCUT2D eigenvalue weighted by Crippen LogP contribution is 2.03. The van der Waals surface area contributed by atoms with Gasteiger partial charge in [0.25, 0.3) is 5.91 Å². The molecule has 0 saturated heterocycles. The van der Waals surface area contributed by atoms with Crippen LogP contribution in [0.2, 0.25) is 0 Å². The van der Waals surface area contributed by atoms with E-state index in [4.69, 9.17) is 5.11 Å². The van der Waals surface area contributed by atoms with Gasteiger partial charge in [0.15, 0.2) is 0 Å². The van der Waals surface area contributed by atoms with E-state index in [1.165, 1.54) is 18.3 Å². The highest BCUT2D eigenvalue weighted by Gasteiger charge is 2.10. The van der Waals surface area contributed by atoms with Gasteiger partial charge in [0.2, 0.25) is 0 Å². The number of nitrogens with one attached hydrogen (secondary N) is 2. The molecule has 2 heterocycles. The normalized spacial score (nSPS) is 10.1. The van der Waals surface area contributed by atoms with Crippen LogP contribution in [0.5, 0.6) is 0 Å². The predicted octanol–water partition coefficient (Wildman–Crippen LogP) is 0.460. The number of rotatable bonds is 4. The Kier molecular flexibility index (Phi) is 3.71. The predicted molar refractivity (Wildman–Crippen MR) is 67.3 cm³/mol. The van der Waals surface area contributed by atoms with Crippen molar-refractivity contribution >= 4 is 23.2 Å². The lowest BCUT2D eigenvalue weighted by Gasteiger charge is -2.04. The third kappa shape index (κ3) is 3.26. The van der Waals surface area contributed by atoms with Gasteiger partial charge in [-0.05, 0) is 12.1 Å². The van der Waals surface area contributed by atoms with Crippen molar-refractivity contribution in [1.29, 1.82) is 0 Å². The molecule has 3 N–H and O–H groups in total. The van der Waals surface area contributed by atoms with Gasteiger partial charge in [-0.1, -0.05) is 11.3 Å². The number of carboxylic acids is 1. The zero-order valence-corrected chi connectivity index (χ0v) is 10.4. The molecule has 0 aliphatic rings. The Bertz CT molecular complexity index is 676. The lowest BCUT2D eigenvalue weighted by Crippen LogP contribution is -2.23. The Morgan fingerprint density at radius 3 is 2.89 bits per heavy atom. The maximum atomic E-state index is 11.8. The van der Waals surface area contributed by atoms with E-state index in [-0.39, 0.29) is 22.7 Å². The van der Waals surface area contributed by atoms with E-state index in [0.717, 1.165) is 11.3 Å². The summed E-state index contributed by atoms with van der Waals surface area (Å²) >= 11 is 1.01. The first kappa shape index (κ1) is 13.0. The molecule has 19 heavy (non-hydrogen) atoms. The molecule has 2 aromatic rings. The zero-order valence-electron chi connectivity index (χ0n) is 9.54. The van der Waals surface area contributed by atoms with E-state index in [1.807, 2.05) is 0 Å². The summed E-state index contributed by atoms with van der Waals surface area (Å²) in [7, 11) is 0. The molecule has 98 valence electrons. The first-order valence-electron chi connectivity index (χ1n) is 5.20. The number of H-pyrrole nitrogens is 1. The maximum Gasteiger partial charge on any atom is 0.354 e. The lowest BCUT2D eigenvalue weighted by atomic mass is 10.2. The molecule has 1 amide bonds. The van der Waals surface area contributed by atoms with Gasteiger partial charge in [-0.3, -0.25) is 9.59 Å². The van der Waals surface area contributed by atoms with E-state index in [1.54, 1.807) is 5.38 Å². The first-order valence-corrected chi connectivity index (χ1v) is 6.08. The Labute approximate surface area is 110 Å². The van der Waals surface area contributed by atoms with Crippen molar-refractivity contribution in [2.45, 2.75) is 6.54 Å². The second kappa shape index (κ2) is 5.44. The number of carbonyl (C=O) groups excluding carboxylic acids is 1. The van der Waals surface area contributed by atoms with Crippen LogP contribution in [0.4, 0.5) is 0 Å². The van der Waals surface area contributed by atoms with Crippen LogP contribution in [0, 0.1) is 0 Å². The molecule has 0 radical (unpaired) electrons. The zero-order chi connectivity index (χ0) is 13.8. The van der Waals surface area contributed by atoms with Crippen LogP contribution in [-0.4, -0.2) is 27.0 Å². The van der Waals surface area contributed by atoms with Gasteiger partial charge < -0.3 is 15.4 Å². The van der Waals surface area contributed by atoms with Crippen LogP contribution < -0.4 is 10.2 Å². The van der Waals surface area contributed by atoms with Gasteiger partial charge in [-0.2, -0.15) is 0 Å². The van der Waals surface area contributed by atoms with Crippen LogP contribution in [0.1, 0.15) is 26.5 Å². The molecule has 0 aliphatic carbocycles. The molecule has 0 aliphatic heterocycles. The van der Waals surface area contributed by atoms with Crippen LogP contribution >= 0.6 is 11.3 Å². The topological polar surface area (TPSA) is 112 Å². The summed E-state index contributed by atoms with van der Waals surface area (Å²) in [5.41, 5.74) is 0.595. The largest absolute Gasteiger partial charge is 0.477 e. The minimum Gasteiger partial charge on any atom is -0.477 e. The second-order valence-corrected chi connectivity index (χ2v) is 4.43. The molecule has 8 heteroatoms. The SMILES string of the molecule is O=C(NCc1csc(=O)[nH]1)c1ccnc(C(=O)O)c1. The number of aromatic carboxylic acids is 1. The Morgan fingerprint density at radius 1 is 1.47 bits per heavy atom. The van der Waals surface area contributed by atoms with Crippen LogP contribution in [0.3, 0.4) is 0 Å². The van der Waals surface area contributed by atoms with Crippen molar-refractivity contribution in [3.05, 3.63) is 50.3 Å². The monoisotopic (exact) mass is 279 g/mol. The number of aromatic amines is 1. The summed E-state index contributed by atoms with van der Waals surface area (Å²) < 4.78 is 0. The van der Waals surface area contributed by atoms with Gasteiger partial charge >= 0.3 is 10.8 Å². The smallest absolute Gasteiger partial charge is 0.354 e. The van der Waals surface area contributed by atoms with E-state index >= 15 is 0 Å². The van der Waals surface area contributed by atoms with Crippen molar-refractivity contribution in [2.24, 2.45) is 0 Å². The number of thiazole rings is 1. The minimum atomic E-state index is -1.20. The summed E-state index contributed by atoms with van der Waals surface area (Å²) in [6.45, 7) is 0.169. The van der Waals surface area contributed by atoms with Crippen LogP contribution in [-0.2, 0) is 6.54 Å². The van der Waals surface area contributed by atoms with Crippen molar-refractivity contribution < 1.29 is 14.7 Å². The molecule has 2 rings (SSSR count). The van der Waals surface area contributed by atoms with Crippen molar-refractivity contribution in [3.8, 4) is 0 Å². The summed E-state index contributed by atoms with van der Waals surface area (Å²) in [5.74, 6) is -1.63. The fraction of sp³-hybridized carbons (Fsp3) is 0.0909. The molecular weight excluding hydrogens is 270 g/mol. The molecule has 0 unspecified atom stereocenters. The molecule has 2 aromatic heterocycles. The van der Waals surface area contributed by atoms with Gasteiger partial charge in [-0.25, -0.2) is 9.78 Å². The molecule has 0 spiro atoms. The fourth-order valence-corrected chi connectivity index (χ4v) is 1.95. The van der Waals surface area contributed by atoms with E-state index < -0.39 is 11.9 Å². The summed E-state index contributed by atoms with van der Waals surface area (Å²) in [6.07, 6.45) is 1.25. The summed E-state index contributed by atoms with van der Waals surface area (Å²) in [6, 6.07) is 2.60. The number of carboxylic acid groups (broad SMARTS) is 1. The maximum absolute atomic E-state index is 11.8. The number of hydrogen-bond donors (Lipinski definition) is 3. The van der Waals surface area contributed by atoms with Crippen LogP contribution in [0.15, 0.2) is 28.5 Å². The average Bonchev–Trinajstić information content (AvgIpc) is 2.82. The molecule has 0 bridgehead atoms. The molecule has 0 aromatic carbocycles. The summed E-state index contributed by atoms with van der Waals surface area (Å²) in [4.78, 5) is 39.4. The molecular formula is C11H9N3O4S. The third-order valence-corrected chi connectivity index (χ3v) is 2.97. The Hall–Kier alpha value is -2.48. The number of aromatic nitrogens is 2. The molecule has 0 fully saturated rings. The van der Waals surface area contributed by atoms with Gasteiger partial charge in [-0.15, -0.1) is 0 Å². The minimum absolute atomic E-state index is 0.169. The average molecular weight is 279 g/mol. The van der Waals surface area contributed by atoms with E-state index in [2.05, 4.69) is 15.3 Å². The highest BCUT2D eigenvalue weighted by atomic mass is 32.1. The Balaban J connectivity index is 2.05. The lowest BCUT2D eigenvalue weighted by molar-refractivity contribution is 0.0690. The Morgan fingerprint density at radius 2 is 2.26 bits per heavy atom. The van der Waals surface area contributed by atoms with Crippen molar-refractivity contribution in [2.75, 3.05) is 0 Å². The number of pyridine rings is 1. The molecule has 0 atom stereocenters. The quantitative estimate of drug-likeness (QED) is 0.752. The fourth-order valence-electron chi connectivity index (χ4n) is 1.37. The van der Waals surface area contributed by atoms with Crippen LogP contribution in [0.25, 0.3) is 0 Å². The number of hydrogen-bond acceptors (Lipinski definition) is 5. The van der Waals surface area contributed by atoms with Gasteiger partial charge in [0.1, 0.15) is 5.69 Å². The molecule has 7 nitrogen and oxygen atoms in total. The standard InChI is InChI=1S/C11H9N3O4S/c15-9(13-4-7-5-19-11(18)14-7)6-1-2-12-8(3-6)10(16)17/h1-3,5H,4H2,(H,13,15)(H,14,18)(H,16,17). The first-order chi connectivity index (χ1) is 9.06. The summed E-state index contributed by atoms with van der Waals surface area (Å²) in [5, 5.41) is 12.9. The number of nitrogens with zero attached hydrogens (tertiary/aromatic N) is 1. The second-order valence-electron chi connectivity index (χ2n) is 3.59. The van der Waals surface area contributed by atoms with Crippen molar-refractivity contribution in [1.82, 2.24) is 15.3 Å². The highest BCUT2D eigenvalue weighted by molar-refractivity contribution is 7.07. The number of amides is 1. The third-order valence-electron chi connectivity index (χ3n) is 2.25. The van der Waals surface area contributed by atoms with Crippen molar-refractivity contribution in [3.63, 3.8) is 0 Å².